The minimum Gasteiger partial charge on any atom is -0.373 e. The molecule has 1 N–H and O–H groups in total. The van der Waals surface area contributed by atoms with Crippen molar-refractivity contribution in [2.24, 2.45) is 0 Å². The summed E-state index contributed by atoms with van der Waals surface area (Å²) in [6.45, 7) is 12.3. The van der Waals surface area contributed by atoms with Crippen molar-refractivity contribution in [2.75, 3.05) is 13.2 Å². The predicted octanol–water partition coefficient (Wildman–Crippen LogP) is 3.67. The quantitative estimate of drug-likeness (QED) is 0.564. The minimum atomic E-state index is -0.00685. The van der Waals surface area contributed by atoms with Crippen molar-refractivity contribution < 1.29 is 4.74 Å². The SMILES string of the molecule is C=C(C)C(NCC)C1(OCC)CCCCCC1. The van der Waals surface area contributed by atoms with E-state index in [0.29, 0.717) is 6.04 Å². The highest BCUT2D eigenvalue weighted by molar-refractivity contribution is 5.12. The standard InChI is InChI=1S/C15H29NO/c1-5-16-14(13(3)4)15(17-6-2)11-9-7-8-10-12-15/h14,16H,3,5-12H2,1-2,4H3. The molecule has 0 heterocycles. The monoisotopic (exact) mass is 239 g/mol. The van der Waals surface area contributed by atoms with E-state index >= 15 is 0 Å². The lowest BCUT2D eigenvalue weighted by atomic mass is 9.82. The smallest absolute Gasteiger partial charge is 0.0872 e. The van der Waals surface area contributed by atoms with Crippen molar-refractivity contribution in [2.45, 2.75) is 70.9 Å². The zero-order valence-corrected chi connectivity index (χ0v) is 11.8. The van der Waals surface area contributed by atoms with Crippen molar-refractivity contribution in [3.63, 3.8) is 0 Å². The molecule has 1 aliphatic rings. The van der Waals surface area contributed by atoms with Gasteiger partial charge in [0.1, 0.15) is 0 Å². The highest BCUT2D eigenvalue weighted by Gasteiger charge is 2.39. The van der Waals surface area contributed by atoms with Gasteiger partial charge in [-0.3, -0.25) is 0 Å². The van der Waals surface area contributed by atoms with Gasteiger partial charge in [-0.1, -0.05) is 44.8 Å². The second kappa shape index (κ2) is 7.17. The number of hydrogen-bond donors (Lipinski definition) is 1. The Kier molecular flexibility index (Phi) is 6.21. The van der Waals surface area contributed by atoms with Crippen LogP contribution in [0.15, 0.2) is 12.2 Å². The Balaban J connectivity index is 2.88. The summed E-state index contributed by atoms with van der Waals surface area (Å²) in [5.41, 5.74) is 1.20. The summed E-state index contributed by atoms with van der Waals surface area (Å²) in [5.74, 6) is 0. The Morgan fingerprint density at radius 3 is 2.24 bits per heavy atom. The van der Waals surface area contributed by atoms with Crippen LogP contribution in [0.5, 0.6) is 0 Å². The lowest BCUT2D eigenvalue weighted by Crippen LogP contribution is -2.53. The van der Waals surface area contributed by atoms with Crippen molar-refractivity contribution in [1.29, 1.82) is 0 Å². The fourth-order valence-electron chi connectivity index (χ4n) is 3.14. The van der Waals surface area contributed by atoms with Crippen LogP contribution >= 0.6 is 0 Å². The van der Waals surface area contributed by atoms with Gasteiger partial charge in [-0.05, 0) is 33.2 Å². The Bertz CT molecular complexity index is 229. The summed E-state index contributed by atoms with van der Waals surface area (Å²) in [4.78, 5) is 0. The zero-order valence-electron chi connectivity index (χ0n) is 11.8. The van der Waals surface area contributed by atoms with Gasteiger partial charge in [-0.2, -0.15) is 0 Å². The minimum absolute atomic E-state index is 0.00685. The predicted molar refractivity (Wildman–Crippen MR) is 74.3 cm³/mol. The normalized spacial score (nSPS) is 21.8. The molecule has 0 aromatic heterocycles. The summed E-state index contributed by atoms with van der Waals surface area (Å²) in [6, 6.07) is 0.311. The highest BCUT2D eigenvalue weighted by atomic mass is 16.5. The topological polar surface area (TPSA) is 21.3 Å². The molecule has 0 radical (unpaired) electrons. The summed E-state index contributed by atoms with van der Waals surface area (Å²) in [5, 5.41) is 3.58. The molecule has 1 fully saturated rings. The number of hydrogen-bond acceptors (Lipinski definition) is 2. The van der Waals surface area contributed by atoms with Gasteiger partial charge in [0.2, 0.25) is 0 Å². The van der Waals surface area contributed by atoms with E-state index in [0.717, 1.165) is 13.2 Å². The zero-order chi connectivity index (χ0) is 12.7. The second-order valence-electron chi connectivity index (χ2n) is 5.25. The second-order valence-corrected chi connectivity index (χ2v) is 5.25. The molecule has 0 aromatic carbocycles. The van der Waals surface area contributed by atoms with Crippen LogP contribution in [-0.4, -0.2) is 24.8 Å². The summed E-state index contributed by atoms with van der Waals surface area (Å²) in [6.07, 6.45) is 7.62. The van der Waals surface area contributed by atoms with Crippen molar-refractivity contribution in [3.8, 4) is 0 Å². The van der Waals surface area contributed by atoms with Crippen LogP contribution in [0.4, 0.5) is 0 Å². The van der Waals surface area contributed by atoms with Crippen LogP contribution in [0.3, 0.4) is 0 Å². The Morgan fingerprint density at radius 2 is 1.82 bits per heavy atom. The van der Waals surface area contributed by atoms with E-state index in [1.807, 2.05) is 0 Å². The lowest BCUT2D eigenvalue weighted by molar-refractivity contribution is -0.0681. The summed E-state index contributed by atoms with van der Waals surface area (Å²) >= 11 is 0. The van der Waals surface area contributed by atoms with Gasteiger partial charge in [-0.15, -0.1) is 0 Å². The number of ether oxygens (including phenoxy) is 1. The third kappa shape index (κ3) is 3.82. The Hall–Kier alpha value is -0.340. The molecule has 1 unspecified atom stereocenters. The number of rotatable bonds is 6. The molecule has 0 spiro atoms. The van der Waals surface area contributed by atoms with Crippen LogP contribution in [0, 0.1) is 0 Å². The largest absolute Gasteiger partial charge is 0.373 e. The summed E-state index contributed by atoms with van der Waals surface area (Å²) in [7, 11) is 0. The molecule has 1 saturated carbocycles. The molecule has 0 saturated heterocycles. The molecule has 0 amide bonds. The lowest BCUT2D eigenvalue weighted by Gasteiger charge is -2.41. The molecule has 0 bridgehead atoms. The van der Waals surface area contributed by atoms with E-state index in [1.54, 1.807) is 0 Å². The van der Waals surface area contributed by atoms with E-state index in [2.05, 4.69) is 32.7 Å². The molecule has 0 aromatic rings. The highest BCUT2D eigenvalue weighted by Crippen LogP contribution is 2.35. The van der Waals surface area contributed by atoms with Gasteiger partial charge in [0.15, 0.2) is 0 Å². The molecule has 0 aliphatic heterocycles. The molecule has 1 aliphatic carbocycles. The maximum Gasteiger partial charge on any atom is 0.0872 e. The summed E-state index contributed by atoms with van der Waals surface area (Å²) < 4.78 is 6.20. The maximum atomic E-state index is 6.20. The van der Waals surface area contributed by atoms with Gasteiger partial charge in [0.05, 0.1) is 11.6 Å². The fraction of sp³-hybridized carbons (Fsp3) is 0.867. The van der Waals surface area contributed by atoms with E-state index in [9.17, 15) is 0 Å². The first kappa shape index (κ1) is 14.7. The molecule has 1 atom stereocenters. The maximum absolute atomic E-state index is 6.20. The van der Waals surface area contributed by atoms with Crippen molar-refractivity contribution in [1.82, 2.24) is 5.32 Å². The van der Waals surface area contributed by atoms with Crippen LogP contribution < -0.4 is 5.32 Å². The van der Waals surface area contributed by atoms with E-state index < -0.39 is 0 Å². The molecule has 17 heavy (non-hydrogen) atoms. The average Bonchev–Trinajstić information content (AvgIpc) is 2.52. The Labute approximate surface area is 107 Å². The van der Waals surface area contributed by atoms with Gasteiger partial charge >= 0.3 is 0 Å². The van der Waals surface area contributed by atoms with Gasteiger partial charge in [0, 0.05) is 6.61 Å². The third-order valence-electron chi connectivity index (χ3n) is 3.81. The van der Waals surface area contributed by atoms with Gasteiger partial charge in [0.25, 0.3) is 0 Å². The van der Waals surface area contributed by atoms with E-state index in [1.165, 1.54) is 44.1 Å². The van der Waals surface area contributed by atoms with Crippen LogP contribution in [0.25, 0.3) is 0 Å². The van der Waals surface area contributed by atoms with E-state index in [4.69, 9.17) is 4.74 Å². The molecular weight excluding hydrogens is 210 g/mol. The first-order valence-corrected chi connectivity index (χ1v) is 7.19. The molecular formula is C15H29NO. The van der Waals surface area contributed by atoms with Crippen molar-refractivity contribution in [3.05, 3.63) is 12.2 Å². The molecule has 2 nitrogen and oxygen atoms in total. The van der Waals surface area contributed by atoms with Crippen LogP contribution in [0.2, 0.25) is 0 Å². The first-order valence-electron chi connectivity index (χ1n) is 7.19. The van der Waals surface area contributed by atoms with Crippen molar-refractivity contribution >= 4 is 0 Å². The first-order chi connectivity index (χ1) is 8.16. The number of nitrogens with one attached hydrogen (secondary N) is 1. The number of likely N-dealkylation sites (N-methyl/N-ethyl adjacent to an activating group) is 1. The Morgan fingerprint density at radius 1 is 1.24 bits per heavy atom. The van der Waals surface area contributed by atoms with Gasteiger partial charge < -0.3 is 10.1 Å². The molecule has 100 valence electrons. The van der Waals surface area contributed by atoms with E-state index in [-0.39, 0.29) is 5.60 Å². The fourth-order valence-corrected chi connectivity index (χ4v) is 3.14. The molecule has 2 heteroatoms. The molecule has 1 rings (SSSR count). The third-order valence-corrected chi connectivity index (χ3v) is 3.81. The van der Waals surface area contributed by atoms with Crippen LogP contribution in [-0.2, 0) is 4.74 Å². The average molecular weight is 239 g/mol. The van der Waals surface area contributed by atoms with Gasteiger partial charge in [-0.25, -0.2) is 0 Å². The van der Waals surface area contributed by atoms with Crippen LogP contribution in [0.1, 0.15) is 59.3 Å².